The van der Waals surface area contributed by atoms with Gasteiger partial charge in [-0.2, -0.15) is 0 Å². The van der Waals surface area contributed by atoms with Crippen LogP contribution in [0, 0.1) is 13.8 Å². The van der Waals surface area contributed by atoms with Crippen LogP contribution in [0.5, 0.6) is 5.75 Å². The minimum Gasteiger partial charge on any atom is -0.489 e. The maximum atomic E-state index is 12.8. The largest absolute Gasteiger partial charge is 0.489 e. The van der Waals surface area contributed by atoms with E-state index in [2.05, 4.69) is 9.71 Å². The number of ether oxygens (including phenoxy) is 1. The molecular weight excluding hydrogens is 364 g/mol. The molecule has 0 bridgehead atoms. The van der Waals surface area contributed by atoms with Gasteiger partial charge in [-0.3, -0.25) is 4.72 Å². The van der Waals surface area contributed by atoms with Gasteiger partial charge < -0.3 is 9.15 Å². The Bertz CT molecular complexity index is 1040. The molecule has 7 heteroatoms. The van der Waals surface area contributed by atoms with Crippen molar-refractivity contribution in [1.82, 2.24) is 4.98 Å². The maximum absolute atomic E-state index is 12.8. The first-order valence-corrected chi connectivity index (χ1v) is 10.1. The summed E-state index contributed by atoms with van der Waals surface area (Å²) in [4.78, 5) is 4.49. The van der Waals surface area contributed by atoms with Crippen LogP contribution in [0.2, 0.25) is 0 Å². The Kier molecular flexibility index (Phi) is 5.23. The third kappa shape index (κ3) is 4.31. The number of nitrogens with one attached hydrogen (secondary N) is 1. The van der Waals surface area contributed by atoms with E-state index in [4.69, 9.17) is 9.15 Å². The Hall–Kier alpha value is -2.80. The van der Waals surface area contributed by atoms with Crippen molar-refractivity contribution in [2.24, 2.45) is 0 Å². The number of anilines is 1. The van der Waals surface area contributed by atoms with Crippen LogP contribution < -0.4 is 9.46 Å². The molecule has 27 heavy (non-hydrogen) atoms. The molecule has 142 valence electrons. The number of oxazole rings is 1. The summed E-state index contributed by atoms with van der Waals surface area (Å²) in [6, 6.07) is 13.5. The summed E-state index contributed by atoms with van der Waals surface area (Å²) >= 11 is 0. The van der Waals surface area contributed by atoms with Crippen molar-refractivity contribution in [2.45, 2.75) is 38.7 Å². The summed E-state index contributed by atoms with van der Waals surface area (Å²) in [5.41, 5.74) is 1.91. The summed E-state index contributed by atoms with van der Waals surface area (Å²) in [5.74, 6) is 1.75. The van der Waals surface area contributed by atoms with E-state index in [0.717, 1.165) is 5.56 Å². The number of nitrogens with zero attached hydrogens (tertiary/aromatic N) is 1. The molecule has 0 aliphatic carbocycles. The Morgan fingerprint density at radius 3 is 2.30 bits per heavy atom. The van der Waals surface area contributed by atoms with E-state index in [1.165, 1.54) is 0 Å². The molecule has 0 saturated carbocycles. The molecule has 0 saturated heterocycles. The highest BCUT2D eigenvalue weighted by atomic mass is 32.2. The molecule has 0 amide bonds. The summed E-state index contributed by atoms with van der Waals surface area (Å²) in [7, 11) is -3.75. The van der Waals surface area contributed by atoms with Gasteiger partial charge >= 0.3 is 0 Å². The molecule has 0 atom stereocenters. The van der Waals surface area contributed by atoms with Crippen molar-refractivity contribution in [2.75, 3.05) is 4.72 Å². The lowest BCUT2D eigenvalue weighted by atomic mass is 10.1. The fraction of sp³-hybridized carbons (Fsp3) is 0.250. The highest BCUT2D eigenvalue weighted by Crippen LogP contribution is 2.29. The van der Waals surface area contributed by atoms with Crippen molar-refractivity contribution in [3.8, 4) is 17.0 Å². The Morgan fingerprint density at radius 2 is 1.70 bits per heavy atom. The van der Waals surface area contributed by atoms with Crippen molar-refractivity contribution in [1.29, 1.82) is 0 Å². The van der Waals surface area contributed by atoms with Gasteiger partial charge in [0, 0.05) is 12.5 Å². The predicted octanol–water partition coefficient (Wildman–Crippen LogP) is 4.55. The van der Waals surface area contributed by atoms with E-state index < -0.39 is 10.0 Å². The minimum absolute atomic E-state index is 0.0657. The van der Waals surface area contributed by atoms with Gasteiger partial charge in [-0.1, -0.05) is 24.3 Å². The Morgan fingerprint density at radius 1 is 1.04 bits per heavy atom. The van der Waals surface area contributed by atoms with Crippen molar-refractivity contribution < 1.29 is 17.6 Å². The van der Waals surface area contributed by atoms with Gasteiger partial charge in [-0.05, 0) is 45.0 Å². The standard InChI is InChI=1S/C20H22N2O4S/c1-13(2)25-19-8-6-5-7-18(19)22-27(23,24)17-11-9-16(10-12-17)20-14(3)26-15(4)21-20/h5-13,22H,1-4H3. The highest BCUT2D eigenvalue weighted by molar-refractivity contribution is 7.92. The second-order valence-electron chi connectivity index (χ2n) is 6.43. The van der Waals surface area contributed by atoms with Crippen molar-refractivity contribution >= 4 is 15.7 Å². The third-order valence-corrected chi connectivity index (χ3v) is 5.22. The van der Waals surface area contributed by atoms with Gasteiger partial charge in [0.25, 0.3) is 10.0 Å². The number of sulfonamides is 1. The van der Waals surface area contributed by atoms with Gasteiger partial charge in [0.05, 0.1) is 16.7 Å². The number of aromatic nitrogens is 1. The zero-order valence-corrected chi connectivity index (χ0v) is 16.5. The molecule has 3 rings (SSSR count). The van der Waals surface area contributed by atoms with E-state index in [1.807, 2.05) is 20.8 Å². The number of benzene rings is 2. The number of hydrogen-bond donors (Lipinski definition) is 1. The van der Waals surface area contributed by atoms with E-state index in [1.54, 1.807) is 55.5 Å². The second-order valence-corrected chi connectivity index (χ2v) is 8.11. The van der Waals surface area contributed by atoms with Crippen LogP contribution in [-0.2, 0) is 10.0 Å². The SMILES string of the molecule is Cc1nc(-c2ccc(S(=O)(=O)Nc3ccccc3OC(C)C)cc2)c(C)o1. The number of aryl methyl sites for hydroxylation is 2. The molecule has 0 aliphatic rings. The van der Waals surface area contributed by atoms with Crippen LogP contribution in [0.3, 0.4) is 0 Å². The van der Waals surface area contributed by atoms with Crippen LogP contribution in [0.15, 0.2) is 57.8 Å². The third-order valence-electron chi connectivity index (χ3n) is 3.84. The zero-order valence-electron chi connectivity index (χ0n) is 15.7. The quantitative estimate of drug-likeness (QED) is 0.672. The van der Waals surface area contributed by atoms with Gasteiger partial charge in [-0.25, -0.2) is 13.4 Å². The average Bonchev–Trinajstić information content (AvgIpc) is 2.94. The first kappa shape index (κ1) is 19.0. The summed E-state index contributed by atoms with van der Waals surface area (Å²) in [5, 5.41) is 0. The lowest BCUT2D eigenvalue weighted by Crippen LogP contribution is -2.15. The monoisotopic (exact) mass is 386 g/mol. The fourth-order valence-electron chi connectivity index (χ4n) is 2.70. The molecule has 0 fully saturated rings. The molecule has 3 aromatic rings. The van der Waals surface area contributed by atoms with Gasteiger partial charge in [0.1, 0.15) is 17.2 Å². The normalized spacial score (nSPS) is 11.6. The maximum Gasteiger partial charge on any atom is 0.262 e. The predicted molar refractivity (Wildman–Crippen MR) is 104 cm³/mol. The number of para-hydroxylation sites is 2. The molecule has 6 nitrogen and oxygen atoms in total. The Balaban J connectivity index is 1.87. The molecule has 0 aliphatic heterocycles. The van der Waals surface area contributed by atoms with E-state index >= 15 is 0 Å². The summed E-state index contributed by atoms with van der Waals surface area (Å²) in [6.07, 6.45) is -0.0657. The minimum atomic E-state index is -3.75. The number of rotatable bonds is 6. The topological polar surface area (TPSA) is 81.4 Å². The van der Waals surface area contributed by atoms with Gasteiger partial charge in [0.15, 0.2) is 5.89 Å². The lowest BCUT2D eigenvalue weighted by Gasteiger charge is -2.15. The van der Waals surface area contributed by atoms with Crippen LogP contribution in [0.4, 0.5) is 5.69 Å². The van der Waals surface area contributed by atoms with Crippen LogP contribution in [0.25, 0.3) is 11.3 Å². The molecular formula is C20H22N2O4S. The first-order chi connectivity index (χ1) is 12.8. The van der Waals surface area contributed by atoms with E-state index in [0.29, 0.717) is 28.8 Å². The van der Waals surface area contributed by atoms with E-state index in [-0.39, 0.29) is 11.0 Å². The first-order valence-electron chi connectivity index (χ1n) is 8.59. The smallest absolute Gasteiger partial charge is 0.262 e. The number of hydrogen-bond acceptors (Lipinski definition) is 5. The zero-order chi connectivity index (χ0) is 19.6. The Labute approximate surface area is 159 Å². The molecule has 1 heterocycles. The van der Waals surface area contributed by atoms with E-state index in [9.17, 15) is 8.42 Å². The molecule has 2 aromatic carbocycles. The average molecular weight is 386 g/mol. The fourth-order valence-corrected chi connectivity index (χ4v) is 3.77. The van der Waals surface area contributed by atoms with Crippen LogP contribution in [0.1, 0.15) is 25.5 Å². The summed E-state index contributed by atoms with van der Waals surface area (Å²) in [6.45, 7) is 7.37. The van der Waals surface area contributed by atoms with Crippen LogP contribution >= 0.6 is 0 Å². The van der Waals surface area contributed by atoms with Gasteiger partial charge in [-0.15, -0.1) is 0 Å². The van der Waals surface area contributed by atoms with Gasteiger partial charge in [0.2, 0.25) is 0 Å². The van der Waals surface area contributed by atoms with Crippen molar-refractivity contribution in [3.63, 3.8) is 0 Å². The van der Waals surface area contributed by atoms with Crippen molar-refractivity contribution in [3.05, 3.63) is 60.2 Å². The van der Waals surface area contributed by atoms with Crippen LogP contribution in [-0.4, -0.2) is 19.5 Å². The molecule has 0 radical (unpaired) electrons. The second kappa shape index (κ2) is 7.44. The molecule has 0 unspecified atom stereocenters. The molecule has 1 aromatic heterocycles. The molecule has 0 spiro atoms. The molecule has 1 N–H and O–H groups in total. The highest BCUT2D eigenvalue weighted by Gasteiger charge is 2.18. The summed E-state index contributed by atoms with van der Waals surface area (Å²) < 4.78 is 39.2. The lowest BCUT2D eigenvalue weighted by molar-refractivity contribution is 0.244.